The van der Waals surface area contributed by atoms with E-state index in [1.165, 1.54) is 44.9 Å². The molecular formula is C23H31N5O3. The number of carbonyl (C=O) groups excluding carboxylic acids is 1. The molecule has 31 heavy (non-hydrogen) atoms. The van der Waals surface area contributed by atoms with Gasteiger partial charge in [0.15, 0.2) is 0 Å². The van der Waals surface area contributed by atoms with Crippen molar-refractivity contribution in [2.24, 2.45) is 12.5 Å². The minimum atomic E-state index is -0.311. The maximum atomic E-state index is 12.3. The van der Waals surface area contributed by atoms with E-state index in [2.05, 4.69) is 15.3 Å². The van der Waals surface area contributed by atoms with Gasteiger partial charge in [0.05, 0.1) is 11.9 Å². The minimum absolute atomic E-state index is 0.110. The van der Waals surface area contributed by atoms with Gasteiger partial charge in [0.2, 0.25) is 0 Å². The van der Waals surface area contributed by atoms with Crippen molar-refractivity contribution in [3.8, 4) is 17.1 Å². The van der Waals surface area contributed by atoms with Gasteiger partial charge in [-0.3, -0.25) is 4.98 Å². The summed E-state index contributed by atoms with van der Waals surface area (Å²) in [6.45, 7) is 0.110. The standard InChI is InChI=1S/C23H31N5O3/c1-27(16-7-6-8-16)22(29)30-15-19-21(25-26-28(19)2)18-10-9-17(14-24-18)31-20-13-23(20)11-4-3-5-12-23/h9-10,14,16,20H,3-8,11-13,15H2,1-2H3/t20-/m0/s1. The fraction of sp³-hybridized carbons (Fsp3) is 0.652. The number of amides is 1. The van der Waals surface area contributed by atoms with E-state index in [1.807, 2.05) is 12.1 Å². The van der Waals surface area contributed by atoms with E-state index in [4.69, 9.17) is 9.47 Å². The number of nitrogens with zero attached hydrogens (tertiary/aromatic N) is 5. The molecule has 1 atom stereocenters. The Hall–Kier alpha value is -2.64. The highest BCUT2D eigenvalue weighted by Gasteiger charge is 2.56. The van der Waals surface area contributed by atoms with E-state index >= 15 is 0 Å². The Bertz CT molecular complexity index is 931. The number of aromatic nitrogens is 4. The van der Waals surface area contributed by atoms with Crippen LogP contribution in [0, 0.1) is 5.41 Å². The first kappa shape index (κ1) is 20.3. The van der Waals surface area contributed by atoms with Crippen LogP contribution >= 0.6 is 0 Å². The highest BCUT2D eigenvalue weighted by molar-refractivity contribution is 5.68. The number of pyridine rings is 1. The first-order chi connectivity index (χ1) is 15.1. The highest BCUT2D eigenvalue weighted by Crippen LogP contribution is 2.57. The summed E-state index contributed by atoms with van der Waals surface area (Å²) in [6, 6.07) is 4.15. The number of hydrogen-bond donors (Lipinski definition) is 0. The fourth-order valence-corrected chi connectivity index (χ4v) is 4.91. The third kappa shape index (κ3) is 4.00. The average molecular weight is 426 g/mol. The van der Waals surface area contributed by atoms with Crippen LogP contribution in [-0.4, -0.2) is 50.2 Å². The van der Waals surface area contributed by atoms with Gasteiger partial charge in [-0.1, -0.05) is 24.5 Å². The van der Waals surface area contributed by atoms with E-state index in [1.54, 1.807) is 29.9 Å². The molecule has 0 saturated heterocycles. The first-order valence-corrected chi connectivity index (χ1v) is 11.5. The molecule has 2 aromatic rings. The molecule has 0 aromatic carbocycles. The van der Waals surface area contributed by atoms with Crippen LogP contribution in [0.15, 0.2) is 18.3 Å². The molecule has 3 fully saturated rings. The van der Waals surface area contributed by atoms with Crippen molar-refractivity contribution >= 4 is 6.09 Å². The molecule has 2 heterocycles. The zero-order chi connectivity index (χ0) is 21.4. The number of aryl methyl sites for hydroxylation is 1. The van der Waals surface area contributed by atoms with Crippen molar-refractivity contribution < 1.29 is 14.3 Å². The Morgan fingerprint density at radius 1 is 1.23 bits per heavy atom. The molecule has 8 heteroatoms. The smallest absolute Gasteiger partial charge is 0.410 e. The van der Waals surface area contributed by atoms with Crippen molar-refractivity contribution in [3.63, 3.8) is 0 Å². The third-order valence-electron chi connectivity index (χ3n) is 7.41. The van der Waals surface area contributed by atoms with Gasteiger partial charge < -0.3 is 14.4 Å². The molecule has 3 aliphatic rings. The van der Waals surface area contributed by atoms with E-state index in [0.29, 0.717) is 28.9 Å². The normalized spacial score (nSPS) is 22.1. The average Bonchev–Trinajstić information content (AvgIpc) is 3.23. The summed E-state index contributed by atoms with van der Waals surface area (Å²) in [4.78, 5) is 18.6. The molecule has 1 spiro atoms. The van der Waals surface area contributed by atoms with Gasteiger partial charge in [0.1, 0.15) is 29.8 Å². The quantitative estimate of drug-likeness (QED) is 0.693. The number of rotatable bonds is 6. The van der Waals surface area contributed by atoms with Crippen LogP contribution in [0.5, 0.6) is 5.75 Å². The topological polar surface area (TPSA) is 82.4 Å². The van der Waals surface area contributed by atoms with Crippen molar-refractivity contribution in [2.75, 3.05) is 7.05 Å². The molecule has 5 rings (SSSR count). The summed E-state index contributed by atoms with van der Waals surface area (Å²) in [5.41, 5.74) is 2.47. The maximum Gasteiger partial charge on any atom is 0.410 e. The summed E-state index contributed by atoms with van der Waals surface area (Å²) in [5.74, 6) is 0.801. The van der Waals surface area contributed by atoms with Crippen LogP contribution in [0.2, 0.25) is 0 Å². The highest BCUT2D eigenvalue weighted by atomic mass is 16.6. The van der Waals surface area contributed by atoms with E-state index in [-0.39, 0.29) is 12.7 Å². The van der Waals surface area contributed by atoms with Gasteiger partial charge >= 0.3 is 6.09 Å². The van der Waals surface area contributed by atoms with Gasteiger partial charge in [0, 0.05) is 25.6 Å². The molecule has 0 unspecified atom stereocenters. The molecule has 0 radical (unpaired) electrons. The molecule has 3 saturated carbocycles. The largest absolute Gasteiger partial charge is 0.488 e. The summed E-state index contributed by atoms with van der Waals surface area (Å²) in [6.07, 6.45) is 12.8. The SMILES string of the molecule is CN(C(=O)OCc1c(-c2ccc(O[C@H]3CC34CCCCC4)cn2)nnn1C)C1CCC1. The second kappa shape index (κ2) is 8.13. The van der Waals surface area contributed by atoms with E-state index < -0.39 is 0 Å². The summed E-state index contributed by atoms with van der Waals surface area (Å²) >= 11 is 0. The summed E-state index contributed by atoms with van der Waals surface area (Å²) in [5, 5.41) is 8.35. The predicted molar refractivity (Wildman–Crippen MR) is 114 cm³/mol. The molecular weight excluding hydrogens is 394 g/mol. The van der Waals surface area contributed by atoms with Crippen molar-refractivity contribution in [1.29, 1.82) is 0 Å². The second-order valence-electron chi connectivity index (χ2n) is 9.37. The lowest BCUT2D eigenvalue weighted by atomic mass is 9.86. The Labute approximate surface area is 182 Å². The van der Waals surface area contributed by atoms with Gasteiger partial charge in [-0.05, 0) is 50.7 Å². The first-order valence-electron chi connectivity index (χ1n) is 11.5. The van der Waals surface area contributed by atoms with Gasteiger partial charge in [-0.15, -0.1) is 5.10 Å². The predicted octanol–water partition coefficient (Wildman–Crippen LogP) is 4.10. The van der Waals surface area contributed by atoms with Gasteiger partial charge in [0.25, 0.3) is 0 Å². The Kier molecular flexibility index (Phi) is 5.32. The molecule has 166 valence electrons. The third-order valence-corrected chi connectivity index (χ3v) is 7.41. The Morgan fingerprint density at radius 2 is 2.03 bits per heavy atom. The summed E-state index contributed by atoms with van der Waals surface area (Å²) in [7, 11) is 3.59. The van der Waals surface area contributed by atoms with Crippen molar-refractivity contribution in [1.82, 2.24) is 24.9 Å². The molecule has 2 aromatic heterocycles. The number of carbonyl (C=O) groups is 1. The lowest BCUT2D eigenvalue weighted by Gasteiger charge is -2.33. The molecule has 0 aliphatic heterocycles. The maximum absolute atomic E-state index is 12.3. The van der Waals surface area contributed by atoms with Crippen molar-refractivity contribution in [3.05, 3.63) is 24.0 Å². The van der Waals surface area contributed by atoms with Crippen molar-refractivity contribution in [2.45, 2.75) is 76.5 Å². The second-order valence-corrected chi connectivity index (χ2v) is 9.37. The molecule has 0 N–H and O–H groups in total. The molecule has 0 bridgehead atoms. The molecule has 3 aliphatic carbocycles. The van der Waals surface area contributed by atoms with Crippen LogP contribution in [0.1, 0.15) is 63.5 Å². The fourth-order valence-electron chi connectivity index (χ4n) is 4.91. The number of hydrogen-bond acceptors (Lipinski definition) is 6. The van der Waals surface area contributed by atoms with Crippen LogP contribution in [0.4, 0.5) is 4.79 Å². The van der Waals surface area contributed by atoms with Gasteiger partial charge in [-0.25, -0.2) is 9.48 Å². The van der Waals surface area contributed by atoms with E-state index in [9.17, 15) is 4.79 Å². The Morgan fingerprint density at radius 3 is 2.71 bits per heavy atom. The van der Waals surface area contributed by atoms with Crippen LogP contribution in [0.3, 0.4) is 0 Å². The Balaban J connectivity index is 1.22. The van der Waals surface area contributed by atoms with Crippen LogP contribution in [0.25, 0.3) is 11.4 Å². The van der Waals surface area contributed by atoms with Crippen LogP contribution in [-0.2, 0) is 18.4 Å². The van der Waals surface area contributed by atoms with Gasteiger partial charge in [-0.2, -0.15) is 0 Å². The molecule has 1 amide bonds. The molecule has 8 nitrogen and oxygen atoms in total. The lowest BCUT2D eigenvalue weighted by Crippen LogP contribution is -2.41. The monoisotopic (exact) mass is 425 g/mol. The van der Waals surface area contributed by atoms with Crippen LogP contribution < -0.4 is 4.74 Å². The summed E-state index contributed by atoms with van der Waals surface area (Å²) < 4.78 is 13.4. The minimum Gasteiger partial charge on any atom is -0.488 e. The zero-order valence-corrected chi connectivity index (χ0v) is 18.4. The number of ether oxygens (including phenoxy) is 2. The lowest BCUT2D eigenvalue weighted by molar-refractivity contribution is 0.0734. The zero-order valence-electron chi connectivity index (χ0n) is 18.4. The van der Waals surface area contributed by atoms with E-state index in [0.717, 1.165) is 24.3 Å².